The first-order valence-electron chi connectivity index (χ1n) is 6.24. The molecule has 1 aromatic rings. The lowest BCUT2D eigenvalue weighted by molar-refractivity contribution is 0.184. The molecular weight excluding hydrogens is 262 g/mol. The third-order valence-electron chi connectivity index (χ3n) is 3.29. The highest BCUT2D eigenvalue weighted by molar-refractivity contribution is 7.92. The SMILES string of the molecule is COCc1ccccc1CNCC(C)(C)S(C)(=O)=O. The molecule has 0 heterocycles. The van der Waals surface area contributed by atoms with E-state index in [0.29, 0.717) is 19.7 Å². The van der Waals surface area contributed by atoms with E-state index < -0.39 is 14.6 Å². The molecule has 1 N–H and O–H groups in total. The Balaban J connectivity index is 2.64. The lowest BCUT2D eigenvalue weighted by atomic mass is 10.1. The molecule has 5 heteroatoms. The monoisotopic (exact) mass is 285 g/mol. The molecule has 4 nitrogen and oxygen atoms in total. The Labute approximate surface area is 116 Å². The molecule has 0 aromatic heterocycles. The van der Waals surface area contributed by atoms with E-state index in [-0.39, 0.29) is 0 Å². The molecule has 1 aromatic carbocycles. The van der Waals surface area contributed by atoms with Gasteiger partial charge < -0.3 is 10.1 Å². The van der Waals surface area contributed by atoms with Gasteiger partial charge in [0.15, 0.2) is 9.84 Å². The van der Waals surface area contributed by atoms with Crippen LogP contribution in [-0.4, -0.2) is 33.1 Å². The zero-order chi connectivity index (χ0) is 14.5. The zero-order valence-corrected chi connectivity index (χ0v) is 12.9. The molecule has 0 saturated carbocycles. The topological polar surface area (TPSA) is 55.4 Å². The number of nitrogens with one attached hydrogen (secondary N) is 1. The Hall–Kier alpha value is -0.910. The van der Waals surface area contributed by atoms with Crippen molar-refractivity contribution in [2.24, 2.45) is 0 Å². The minimum absolute atomic E-state index is 0.424. The predicted octanol–water partition coefficient (Wildman–Crippen LogP) is 1.75. The van der Waals surface area contributed by atoms with Crippen molar-refractivity contribution >= 4 is 9.84 Å². The van der Waals surface area contributed by atoms with Gasteiger partial charge in [0, 0.05) is 26.5 Å². The van der Waals surface area contributed by atoms with E-state index in [1.54, 1.807) is 21.0 Å². The number of methoxy groups -OCH3 is 1. The Morgan fingerprint density at radius 3 is 2.32 bits per heavy atom. The fourth-order valence-electron chi connectivity index (χ4n) is 1.66. The number of ether oxygens (including phenoxy) is 1. The summed E-state index contributed by atoms with van der Waals surface area (Å²) in [6, 6.07) is 7.98. The number of sulfone groups is 1. The molecule has 0 amide bonds. The molecule has 0 bridgehead atoms. The summed E-state index contributed by atoms with van der Waals surface area (Å²) < 4.78 is 27.6. The highest BCUT2D eigenvalue weighted by Gasteiger charge is 2.29. The maximum atomic E-state index is 11.6. The van der Waals surface area contributed by atoms with Gasteiger partial charge in [-0.15, -0.1) is 0 Å². The molecule has 0 aliphatic rings. The van der Waals surface area contributed by atoms with E-state index in [1.165, 1.54) is 6.26 Å². The maximum Gasteiger partial charge on any atom is 0.153 e. The van der Waals surface area contributed by atoms with Crippen LogP contribution in [0.4, 0.5) is 0 Å². The number of benzene rings is 1. The highest BCUT2D eigenvalue weighted by Crippen LogP contribution is 2.14. The number of hydrogen-bond donors (Lipinski definition) is 1. The van der Waals surface area contributed by atoms with Crippen LogP contribution in [0, 0.1) is 0 Å². The summed E-state index contributed by atoms with van der Waals surface area (Å²) in [6.45, 7) is 5.09. The molecule has 0 radical (unpaired) electrons. The lowest BCUT2D eigenvalue weighted by Gasteiger charge is -2.23. The summed E-state index contributed by atoms with van der Waals surface area (Å²) in [7, 11) is -1.40. The average molecular weight is 285 g/mol. The van der Waals surface area contributed by atoms with Gasteiger partial charge in [-0.1, -0.05) is 24.3 Å². The standard InChI is InChI=1S/C14H23NO3S/c1-14(2,19(4,16)17)11-15-9-12-7-5-6-8-13(12)10-18-3/h5-8,15H,9-11H2,1-4H3. The van der Waals surface area contributed by atoms with E-state index in [4.69, 9.17) is 4.74 Å². The van der Waals surface area contributed by atoms with Crippen molar-refractivity contribution in [2.45, 2.75) is 31.7 Å². The molecule has 19 heavy (non-hydrogen) atoms. The summed E-state index contributed by atoms with van der Waals surface area (Å²) in [4.78, 5) is 0. The molecule has 0 spiro atoms. The second kappa shape index (κ2) is 6.50. The molecular formula is C14H23NO3S. The summed E-state index contributed by atoms with van der Waals surface area (Å²) in [6.07, 6.45) is 1.27. The first-order chi connectivity index (χ1) is 8.78. The third-order valence-corrected chi connectivity index (χ3v) is 5.44. The zero-order valence-electron chi connectivity index (χ0n) is 12.1. The van der Waals surface area contributed by atoms with Crippen molar-refractivity contribution in [3.05, 3.63) is 35.4 Å². The molecule has 0 saturated heterocycles. The van der Waals surface area contributed by atoms with Crippen molar-refractivity contribution in [3.8, 4) is 0 Å². The van der Waals surface area contributed by atoms with Crippen LogP contribution >= 0.6 is 0 Å². The molecule has 0 unspecified atom stereocenters. The molecule has 0 aliphatic heterocycles. The van der Waals surface area contributed by atoms with Crippen LogP contribution in [0.2, 0.25) is 0 Å². The lowest BCUT2D eigenvalue weighted by Crippen LogP contribution is -2.41. The summed E-state index contributed by atoms with van der Waals surface area (Å²) in [5, 5.41) is 3.21. The second-order valence-corrected chi connectivity index (χ2v) is 7.99. The normalized spacial score (nSPS) is 12.6. The summed E-state index contributed by atoms with van der Waals surface area (Å²) in [5.74, 6) is 0. The van der Waals surface area contributed by atoms with Gasteiger partial charge in [-0.3, -0.25) is 0 Å². The fourth-order valence-corrected chi connectivity index (χ4v) is 2.02. The van der Waals surface area contributed by atoms with Gasteiger partial charge in [0.1, 0.15) is 0 Å². The first-order valence-corrected chi connectivity index (χ1v) is 8.13. The molecule has 1 rings (SSSR count). The molecule has 0 aliphatic carbocycles. The van der Waals surface area contributed by atoms with E-state index in [9.17, 15) is 8.42 Å². The third kappa shape index (κ3) is 4.60. The van der Waals surface area contributed by atoms with Crippen LogP contribution in [0.3, 0.4) is 0 Å². The maximum absolute atomic E-state index is 11.6. The van der Waals surface area contributed by atoms with Crippen molar-refractivity contribution < 1.29 is 13.2 Å². The van der Waals surface area contributed by atoms with Crippen molar-refractivity contribution in [1.29, 1.82) is 0 Å². The van der Waals surface area contributed by atoms with Crippen LogP contribution in [0.15, 0.2) is 24.3 Å². The van der Waals surface area contributed by atoms with Gasteiger partial charge in [-0.05, 0) is 25.0 Å². The van der Waals surface area contributed by atoms with Gasteiger partial charge in [0.05, 0.1) is 11.4 Å². The Morgan fingerprint density at radius 2 is 1.79 bits per heavy atom. The first kappa shape index (κ1) is 16.1. The Kier molecular flexibility index (Phi) is 5.52. The van der Waals surface area contributed by atoms with Crippen LogP contribution in [0.1, 0.15) is 25.0 Å². The second-order valence-electron chi connectivity index (χ2n) is 5.34. The van der Waals surface area contributed by atoms with Gasteiger partial charge in [-0.25, -0.2) is 8.42 Å². The smallest absolute Gasteiger partial charge is 0.153 e. The molecule has 108 valence electrons. The van der Waals surface area contributed by atoms with Crippen molar-refractivity contribution in [3.63, 3.8) is 0 Å². The van der Waals surface area contributed by atoms with Crippen LogP contribution in [-0.2, 0) is 27.7 Å². The largest absolute Gasteiger partial charge is 0.380 e. The van der Waals surface area contributed by atoms with Gasteiger partial charge in [0.25, 0.3) is 0 Å². The van der Waals surface area contributed by atoms with E-state index in [1.807, 2.05) is 24.3 Å². The van der Waals surface area contributed by atoms with Crippen molar-refractivity contribution in [1.82, 2.24) is 5.32 Å². The van der Waals surface area contributed by atoms with E-state index in [0.717, 1.165) is 11.1 Å². The quantitative estimate of drug-likeness (QED) is 0.829. The Bertz CT molecular complexity index is 509. The van der Waals surface area contributed by atoms with Crippen molar-refractivity contribution in [2.75, 3.05) is 19.9 Å². The van der Waals surface area contributed by atoms with Gasteiger partial charge >= 0.3 is 0 Å². The van der Waals surface area contributed by atoms with Crippen LogP contribution in [0.25, 0.3) is 0 Å². The summed E-state index contributed by atoms with van der Waals surface area (Å²) in [5.41, 5.74) is 2.25. The Morgan fingerprint density at radius 1 is 1.21 bits per heavy atom. The highest BCUT2D eigenvalue weighted by atomic mass is 32.2. The van der Waals surface area contributed by atoms with Gasteiger partial charge in [0.2, 0.25) is 0 Å². The minimum atomic E-state index is -3.06. The van der Waals surface area contributed by atoms with Crippen LogP contribution in [0.5, 0.6) is 0 Å². The minimum Gasteiger partial charge on any atom is -0.380 e. The fraction of sp³-hybridized carbons (Fsp3) is 0.571. The number of hydrogen-bond acceptors (Lipinski definition) is 4. The van der Waals surface area contributed by atoms with Gasteiger partial charge in [-0.2, -0.15) is 0 Å². The van der Waals surface area contributed by atoms with E-state index in [2.05, 4.69) is 5.32 Å². The molecule has 0 atom stereocenters. The molecule has 0 fully saturated rings. The summed E-state index contributed by atoms with van der Waals surface area (Å²) >= 11 is 0. The average Bonchev–Trinajstić information content (AvgIpc) is 2.30. The predicted molar refractivity (Wildman–Crippen MR) is 77.8 cm³/mol. The van der Waals surface area contributed by atoms with E-state index >= 15 is 0 Å². The van der Waals surface area contributed by atoms with Crippen LogP contribution < -0.4 is 5.32 Å². The number of rotatable bonds is 7.